The summed E-state index contributed by atoms with van der Waals surface area (Å²) in [6.45, 7) is 7.30. The summed E-state index contributed by atoms with van der Waals surface area (Å²) in [5, 5.41) is 3.17. The Kier molecular flexibility index (Phi) is 5.51. The number of nitrogens with zero attached hydrogens (tertiary/aromatic N) is 1. The van der Waals surface area contributed by atoms with Crippen molar-refractivity contribution in [3.63, 3.8) is 0 Å². The lowest BCUT2D eigenvalue weighted by atomic mass is 9.80. The van der Waals surface area contributed by atoms with Gasteiger partial charge in [0.25, 0.3) is 5.91 Å². The van der Waals surface area contributed by atoms with E-state index in [1.165, 1.54) is 37.7 Å². The number of carbonyl (C=O) groups is 1. The van der Waals surface area contributed by atoms with E-state index in [9.17, 15) is 4.79 Å². The normalized spacial score (nSPS) is 18.0. The van der Waals surface area contributed by atoms with Crippen LogP contribution in [0.1, 0.15) is 68.8 Å². The molecule has 0 spiro atoms. The molecule has 1 aromatic rings. The Bertz CT molecular complexity index is 520. The fraction of sp³-hybridized carbons (Fsp3) is 0.650. The Balaban J connectivity index is 2.01. The van der Waals surface area contributed by atoms with Crippen molar-refractivity contribution in [2.45, 2.75) is 63.8 Å². The molecule has 0 aromatic heterocycles. The molecule has 0 bridgehead atoms. The van der Waals surface area contributed by atoms with Gasteiger partial charge in [-0.1, -0.05) is 52.2 Å². The van der Waals surface area contributed by atoms with Gasteiger partial charge in [-0.2, -0.15) is 0 Å². The molecule has 128 valence electrons. The molecule has 1 fully saturated rings. The Hall–Kier alpha value is -1.35. The van der Waals surface area contributed by atoms with Gasteiger partial charge in [-0.05, 0) is 50.0 Å². The van der Waals surface area contributed by atoms with Crippen molar-refractivity contribution in [3.05, 3.63) is 35.4 Å². The second kappa shape index (κ2) is 7.04. The first kappa shape index (κ1) is 18.0. The number of hydrogen-bond donors (Lipinski definition) is 1. The summed E-state index contributed by atoms with van der Waals surface area (Å²) in [4.78, 5) is 14.8. The molecule has 0 atom stereocenters. The summed E-state index contributed by atoms with van der Waals surface area (Å²) in [5.41, 5.74) is 2.25. The van der Waals surface area contributed by atoms with Gasteiger partial charge >= 0.3 is 0 Å². The molecule has 0 radical (unpaired) electrons. The summed E-state index contributed by atoms with van der Waals surface area (Å²) in [6, 6.07) is 8.02. The maximum atomic E-state index is 12.5. The molecule has 1 saturated carbocycles. The first-order chi connectivity index (χ1) is 10.7. The minimum absolute atomic E-state index is 0.0391. The van der Waals surface area contributed by atoms with E-state index in [0.29, 0.717) is 0 Å². The quantitative estimate of drug-likeness (QED) is 0.911. The topological polar surface area (TPSA) is 32.3 Å². The molecular weight excluding hydrogens is 284 g/mol. The smallest absolute Gasteiger partial charge is 0.251 e. The maximum Gasteiger partial charge on any atom is 0.251 e. The number of nitrogens with one attached hydrogen (secondary N) is 1. The number of benzene rings is 1. The maximum absolute atomic E-state index is 12.5. The molecule has 0 aliphatic heterocycles. The van der Waals surface area contributed by atoms with E-state index in [-0.39, 0.29) is 16.9 Å². The predicted octanol–water partition coefficient (Wildman–Crippen LogP) is 3.98. The molecule has 0 heterocycles. The first-order valence-electron chi connectivity index (χ1n) is 8.81. The lowest BCUT2D eigenvalue weighted by Crippen LogP contribution is -2.53. The highest BCUT2D eigenvalue weighted by molar-refractivity contribution is 5.94. The second-order valence-corrected chi connectivity index (χ2v) is 8.19. The largest absolute Gasteiger partial charge is 0.350 e. The lowest BCUT2D eigenvalue weighted by molar-refractivity contribution is 0.0799. The van der Waals surface area contributed by atoms with Gasteiger partial charge < -0.3 is 10.2 Å². The van der Waals surface area contributed by atoms with Gasteiger partial charge in [0.15, 0.2) is 0 Å². The van der Waals surface area contributed by atoms with Crippen LogP contribution in [0.3, 0.4) is 0 Å². The van der Waals surface area contributed by atoms with Crippen LogP contribution in [0.25, 0.3) is 0 Å². The fourth-order valence-electron chi connectivity index (χ4n) is 3.46. The van der Waals surface area contributed by atoms with Crippen molar-refractivity contribution < 1.29 is 4.79 Å². The number of amides is 1. The van der Waals surface area contributed by atoms with Crippen LogP contribution in [0.15, 0.2) is 24.3 Å². The van der Waals surface area contributed by atoms with Gasteiger partial charge in [0.05, 0.1) is 0 Å². The molecule has 0 unspecified atom stereocenters. The molecular formula is C20H32N2O. The Morgan fingerprint density at radius 2 is 1.65 bits per heavy atom. The van der Waals surface area contributed by atoms with Crippen molar-refractivity contribution in [3.8, 4) is 0 Å². The van der Waals surface area contributed by atoms with Crippen LogP contribution >= 0.6 is 0 Å². The molecule has 1 amide bonds. The summed E-state index contributed by atoms with van der Waals surface area (Å²) in [6.07, 6.45) is 6.17. The fourth-order valence-corrected chi connectivity index (χ4v) is 3.46. The highest BCUT2D eigenvalue weighted by Gasteiger charge is 2.34. The molecule has 1 N–H and O–H groups in total. The molecule has 3 heteroatoms. The van der Waals surface area contributed by atoms with Gasteiger partial charge in [0.2, 0.25) is 0 Å². The molecule has 1 aromatic carbocycles. The summed E-state index contributed by atoms with van der Waals surface area (Å²) in [7, 11) is 4.27. The van der Waals surface area contributed by atoms with Gasteiger partial charge in [0.1, 0.15) is 0 Å². The lowest BCUT2D eigenvalue weighted by Gasteiger charge is -2.43. The average molecular weight is 316 g/mol. The first-order valence-corrected chi connectivity index (χ1v) is 8.81. The second-order valence-electron chi connectivity index (χ2n) is 8.19. The molecule has 1 aliphatic rings. The van der Waals surface area contributed by atoms with Crippen LogP contribution < -0.4 is 5.32 Å². The van der Waals surface area contributed by atoms with Crippen LogP contribution in [-0.2, 0) is 5.41 Å². The van der Waals surface area contributed by atoms with E-state index in [4.69, 9.17) is 0 Å². The average Bonchev–Trinajstić information content (AvgIpc) is 2.52. The molecule has 23 heavy (non-hydrogen) atoms. The van der Waals surface area contributed by atoms with E-state index >= 15 is 0 Å². The number of rotatable bonds is 4. The highest BCUT2D eigenvalue weighted by atomic mass is 16.1. The van der Waals surface area contributed by atoms with Crippen molar-refractivity contribution >= 4 is 5.91 Å². The van der Waals surface area contributed by atoms with Gasteiger partial charge in [-0.3, -0.25) is 4.79 Å². The third kappa shape index (κ3) is 4.35. The molecule has 1 aliphatic carbocycles. The van der Waals surface area contributed by atoms with Crippen molar-refractivity contribution in [1.82, 2.24) is 10.2 Å². The minimum atomic E-state index is 0.0391. The van der Waals surface area contributed by atoms with E-state index < -0.39 is 0 Å². The Labute approximate surface area is 141 Å². The standard InChI is InChI=1S/C20H32N2O/c1-19(2,3)17-11-9-16(10-12-17)18(23)21-15-20(22(4)5)13-7-6-8-14-20/h9-12H,6-8,13-15H2,1-5H3,(H,21,23). The van der Waals surface area contributed by atoms with Crippen molar-refractivity contribution in [1.29, 1.82) is 0 Å². The zero-order chi connectivity index (χ0) is 17.1. The van der Waals surface area contributed by atoms with E-state index in [2.05, 4.69) is 57.2 Å². The monoisotopic (exact) mass is 316 g/mol. The third-order valence-electron chi connectivity index (χ3n) is 5.32. The SMILES string of the molecule is CN(C)C1(CNC(=O)c2ccc(C(C)(C)C)cc2)CCCCC1. The van der Waals surface area contributed by atoms with Crippen LogP contribution in [0.5, 0.6) is 0 Å². The summed E-state index contributed by atoms with van der Waals surface area (Å²) in [5.74, 6) is 0.0391. The minimum Gasteiger partial charge on any atom is -0.350 e. The van der Waals surface area contributed by atoms with Crippen molar-refractivity contribution in [2.75, 3.05) is 20.6 Å². The van der Waals surface area contributed by atoms with Gasteiger partial charge in [0, 0.05) is 17.6 Å². The van der Waals surface area contributed by atoms with E-state index in [0.717, 1.165) is 12.1 Å². The van der Waals surface area contributed by atoms with Gasteiger partial charge in [-0.15, -0.1) is 0 Å². The van der Waals surface area contributed by atoms with Crippen LogP contribution in [0, 0.1) is 0 Å². The Morgan fingerprint density at radius 1 is 1.09 bits per heavy atom. The molecule has 2 rings (SSSR count). The zero-order valence-corrected chi connectivity index (χ0v) is 15.4. The summed E-state index contributed by atoms with van der Waals surface area (Å²) >= 11 is 0. The zero-order valence-electron chi connectivity index (χ0n) is 15.4. The summed E-state index contributed by atoms with van der Waals surface area (Å²) < 4.78 is 0. The molecule has 0 saturated heterocycles. The van der Waals surface area contributed by atoms with Crippen LogP contribution in [-0.4, -0.2) is 37.0 Å². The third-order valence-corrected chi connectivity index (χ3v) is 5.32. The predicted molar refractivity (Wildman–Crippen MR) is 97.0 cm³/mol. The van der Waals surface area contributed by atoms with E-state index in [1.54, 1.807) is 0 Å². The van der Waals surface area contributed by atoms with E-state index in [1.807, 2.05) is 12.1 Å². The van der Waals surface area contributed by atoms with Gasteiger partial charge in [-0.25, -0.2) is 0 Å². The highest BCUT2D eigenvalue weighted by Crippen LogP contribution is 2.31. The Morgan fingerprint density at radius 3 is 2.13 bits per heavy atom. The van der Waals surface area contributed by atoms with Crippen LogP contribution in [0.4, 0.5) is 0 Å². The molecule has 3 nitrogen and oxygen atoms in total. The van der Waals surface area contributed by atoms with Crippen molar-refractivity contribution in [2.24, 2.45) is 0 Å². The number of hydrogen-bond acceptors (Lipinski definition) is 2. The van der Waals surface area contributed by atoms with Crippen LogP contribution in [0.2, 0.25) is 0 Å². The number of likely N-dealkylation sites (N-methyl/N-ethyl adjacent to an activating group) is 1. The number of carbonyl (C=O) groups excluding carboxylic acids is 1.